The van der Waals surface area contributed by atoms with E-state index in [0.29, 0.717) is 12.6 Å². The van der Waals surface area contributed by atoms with Crippen molar-refractivity contribution in [1.82, 2.24) is 14.7 Å². The lowest BCUT2D eigenvalue weighted by Gasteiger charge is -2.37. The molecule has 1 amide bonds. The smallest absolute Gasteiger partial charge is 0.248 e. The van der Waals surface area contributed by atoms with Crippen LogP contribution in [0.2, 0.25) is 0 Å². The second-order valence-corrected chi connectivity index (χ2v) is 6.33. The number of likely N-dealkylation sites (tertiary alicyclic amines) is 1. The van der Waals surface area contributed by atoms with Crippen LogP contribution in [-0.2, 0) is 14.3 Å². The van der Waals surface area contributed by atoms with Crippen molar-refractivity contribution in [3.05, 3.63) is 0 Å². The number of likely N-dealkylation sites (N-methyl/N-ethyl adjacent to an activating group) is 1. The average molecular weight is 299 g/mol. The van der Waals surface area contributed by atoms with Crippen LogP contribution in [-0.4, -0.2) is 99.9 Å². The number of carbonyl (C=O) groups is 1. The zero-order chi connectivity index (χ0) is 15.2. The highest BCUT2D eigenvalue weighted by atomic mass is 16.5. The minimum Gasteiger partial charge on any atom is -0.377 e. The number of nitrogens with zero attached hydrogens (tertiary/aromatic N) is 3. The van der Waals surface area contributed by atoms with Gasteiger partial charge in [-0.2, -0.15) is 0 Å². The zero-order valence-electron chi connectivity index (χ0n) is 13.6. The van der Waals surface area contributed by atoms with Gasteiger partial charge in [-0.3, -0.25) is 9.69 Å². The van der Waals surface area contributed by atoms with Crippen LogP contribution in [0, 0.1) is 0 Å². The first-order chi connectivity index (χ1) is 10.1. The lowest BCUT2D eigenvalue weighted by atomic mass is 10.0. The molecule has 2 aliphatic rings. The third-order valence-corrected chi connectivity index (χ3v) is 4.41. The lowest BCUT2D eigenvalue weighted by molar-refractivity contribution is -0.137. The summed E-state index contributed by atoms with van der Waals surface area (Å²) in [7, 11) is 5.68. The molecule has 2 rings (SSSR count). The second kappa shape index (κ2) is 8.08. The minimum atomic E-state index is -0.00365. The Morgan fingerprint density at radius 1 is 1.29 bits per heavy atom. The van der Waals surface area contributed by atoms with Gasteiger partial charge >= 0.3 is 0 Å². The topological polar surface area (TPSA) is 45.3 Å². The fraction of sp³-hybridized carbons (Fsp3) is 0.933. The van der Waals surface area contributed by atoms with E-state index >= 15 is 0 Å². The molecule has 2 heterocycles. The summed E-state index contributed by atoms with van der Waals surface area (Å²) in [6.45, 7) is 5.64. The predicted octanol–water partition coefficient (Wildman–Crippen LogP) is -0.114. The summed E-state index contributed by atoms with van der Waals surface area (Å²) in [5, 5.41) is 0. The predicted molar refractivity (Wildman–Crippen MR) is 81.3 cm³/mol. The Balaban J connectivity index is 1.81. The summed E-state index contributed by atoms with van der Waals surface area (Å²) in [5.41, 5.74) is 0. The lowest BCUT2D eigenvalue weighted by Crippen LogP contribution is -2.47. The first kappa shape index (κ1) is 16.7. The SMILES string of the molecule is CN1CCC(N2CCOC[C@H](OCC(=O)N(C)C)C2)CC1. The van der Waals surface area contributed by atoms with Gasteiger partial charge in [0.2, 0.25) is 5.91 Å². The highest BCUT2D eigenvalue weighted by Gasteiger charge is 2.27. The fourth-order valence-corrected chi connectivity index (χ4v) is 2.91. The summed E-state index contributed by atoms with van der Waals surface area (Å²) in [4.78, 5) is 18.1. The van der Waals surface area contributed by atoms with E-state index in [0.717, 1.165) is 32.8 Å². The molecule has 0 aromatic rings. The highest BCUT2D eigenvalue weighted by molar-refractivity contribution is 5.76. The van der Waals surface area contributed by atoms with Gasteiger partial charge in [-0.15, -0.1) is 0 Å². The maximum absolute atomic E-state index is 11.6. The molecule has 0 N–H and O–H groups in total. The molecule has 2 aliphatic heterocycles. The number of amides is 1. The molecule has 6 nitrogen and oxygen atoms in total. The summed E-state index contributed by atoms with van der Waals surface area (Å²) >= 11 is 0. The van der Waals surface area contributed by atoms with Crippen LogP contribution in [0.5, 0.6) is 0 Å². The molecule has 0 bridgehead atoms. The van der Waals surface area contributed by atoms with Crippen molar-refractivity contribution in [2.45, 2.75) is 25.0 Å². The van der Waals surface area contributed by atoms with Gasteiger partial charge in [-0.25, -0.2) is 0 Å². The maximum atomic E-state index is 11.6. The van der Waals surface area contributed by atoms with Gasteiger partial charge in [0.25, 0.3) is 0 Å². The van der Waals surface area contributed by atoms with Gasteiger partial charge in [0.15, 0.2) is 0 Å². The van der Waals surface area contributed by atoms with E-state index in [1.54, 1.807) is 19.0 Å². The van der Waals surface area contributed by atoms with Gasteiger partial charge in [0, 0.05) is 33.2 Å². The monoisotopic (exact) mass is 299 g/mol. The van der Waals surface area contributed by atoms with E-state index in [2.05, 4.69) is 16.8 Å². The maximum Gasteiger partial charge on any atom is 0.248 e. The van der Waals surface area contributed by atoms with Crippen LogP contribution in [0.1, 0.15) is 12.8 Å². The molecule has 0 radical (unpaired) electrons. The molecule has 0 saturated carbocycles. The fourth-order valence-electron chi connectivity index (χ4n) is 2.91. The van der Waals surface area contributed by atoms with Gasteiger partial charge in [-0.05, 0) is 33.0 Å². The third-order valence-electron chi connectivity index (χ3n) is 4.41. The van der Waals surface area contributed by atoms with Crippen LogP contribution in [0.25, 0.3) is 0 Å². The molecular formula is C15H29N3O3. The van der Waals surface area contributed by atoms with Gasteiger partial charge < -0.3 is 19.3 Å². The first-order valence-corrected chi connectivity index (χ1v) is 7.88. The number of hydrogen-bond donors (Lipinski definition) is 0. The van der Waals surface area contributed by atoms with Gasteiger partial charge in [0.05, 0.1) is 19.3 Å². The molecule has 21 heavy (non-hydrogen) atoms. The molecule has 1 atom stereocenters. The molecule has 2 fully saturated rings. The van der Waals surface area contributed by atoms with Crippen molar-refractivity contribution in [2.24, 2.45) is 0 Å². The van der Waals surface area contributed by atoms with Gasteiger partial charge in [-0.1, -0.05) is 0 Å². The van der Waals surface area contributed by atoms with E-state index in [-0.39, 0.29) is 18.6 Å². The average Bonchev–Trinajstić information content (AvgIpc) is 2.71. The van der Waals surface area contributed by atoms with Crippen molar-refractivity contribution in [3.63, 3.8) is 0 Å². The third kappa shape index (κ3) is 5.21. The molecule has 6 heteroatoms. The number of rotatable bonds is 4. The van der Waals surface area contributed by atoms with Crippen molar-refractivity contribution in [2.75, 3.05) is 67.1 Å². The largest absolute Gasteiger partial charge is 0.377 e. The summed E-state index contributed by atoms with van der Waals surface area (Å²) in [6.07, 6.45) is 2.41. The second-order valence-electron chi connectivity index (χ2n) is 6.33. The molecular weight excluding hydrogens is 270 g/mol. The minimum absolute atomic E-state index is 0.00365. The molecule has 2 saturated heterocycles. The standard InChI is InChI=1S/C15H29N3O3/c1-16(2)15(19)12-21-14-10-18(8-9-20-11-14)13-4-6-17(3)7-5-13/h13-14H,4-12H2,1-3H3/t14-/m1/s1. The molecule has 0 aromatic heterocycles. The molecule has 0 aromatic carbocycles. The quantitative estimate of drug-likeness (QED) is 0.725. The Bertz CT molecular complexity index is 330. The number of hydrogen-bond acceptors (Lipinski definition) is 5. The number of carbonyl (C=O) groups excluding carboxylic acids is 1. The zero-order valence-corrected chi connectivity index (χ0v) is 13.6. The highest BCUT2D eigenvalue weighted by Crippen LogP contribution is 2.17. The molecule has 0 aliphatic carbocycles. The Morgan fingerprint density at radius 3 is 2.67 bits per heavy atom. The number of ether oxygens (including phenoxy) is 2. The Hall–Kier alpha value is -0.690. The van der Waals surface area contributed by atoms with Crippen molar-refractivity contribution < 1.29 is 14.3 Å². The molecule has 0 unspecified atom stereocenters. The van der Waals surface area contributed by atoms with Crippen molar-refractivity contribution >= 4 is 5.91 Å². The Labute approximate surface area is 128 Å². The van der Waals surface area contributed by atoms with Gasteiger partial charge in [0.1, 0.15) is 6.61 Å². The Kier molecular flexibility index (Phi) is 6.41. The molecule has 0 spiro atoms. The first-order valence-electron chi connectivity index (χ1n) is 7.88. The molecule has 122 valence electrons. The van der Waals surface area contributed by atoms with Crippen LogP contribution in [0.15, 0.2) is 0 Å². The Morgan fingerprint density at radius 2 is 2.00 bits per heavy atom. The van der Waals surface area contributed by atoms with E-state index in [9.17, 15) is 4.79 Å². The van der Waals surface area contributed by atoms with E-state index in [1.165, 1.54) is 12.8 Å². The summed E-state index contributed by atoms with van der Waals surface area (Å²) in [5.74, 6) is 0.00471. The van der Waals surface area contributed by atoms with E-state index < -0.39 is 0 Å². The van der Waals surface area contributed by atoms with Crippen LogP contribution >= 0.6 is 0 Å². The van der Waals surface area contributed by atoms with E-state index in [1.807, 2.05) is 0 Å². The van der Waals surface area contributed by atoms with Crippen LogP contribution < -0.4 is 0 Å². The number of piperidine rings is 1. The van der Waals surface area contributed by atoms with Crippen LogP contribution in [0.3, 0.4) is 0 Å². The summed E-state index contributed by atoms with van der Waals surface area (Å²) < 4.78 is 11.4. The van der Waals surface area contributed by atoms with Crippen molar-refractivity contribution in [3.8, 4) is 0 Å². The van der Waals surface area contributed by atoms with Crippen molar-refractivity contribution in [1.29, 1.82) is 0 Å². The van der Waals surface area contributed by atoms with Crippen LogP contribution in [0.4, 0.5) is 0 Å². The summed E-state index contributed by atoms with van der Waals surface area (Å²) in [6, 6.07) is 0.624. The normalized spacial score (nSPS) is 26.5. The van der Waals surface area contributed by atoms with E-state index in [4.69, 9.17) is 9.47 Å².